The normalized spacial score (nSPS) is 10.0. The molecule has 1 aromatic carbocycles. The van der Waals surface area contributed by atoms with Crippen LogP contribution < -0.4 is 0 Å². The summed E-state index contributed by atoms with van der Waals surface area (Å²) in [6.07, 6.45) is 0. The van der Waals surface area contributed by atoms with Crippen LogP contribution in [0, 0.1) is 3.95 Å². The Morgan fingerprint density at radius 3 is 3.21 bits per heavy atom. The Morgan fingerprint density at radius 2 is 2.43 bits per heavy atom. The topological polar surface area (TPSA) is 64.6 Å². The summed E-state index contributed by atoms with van der Waals surface area (Å²) in [6, 6.07) is 5.86. The first kappa shape index (κ1) is 9.21. The molecule has 14 heavy (non-hydrogen) atoms. The second kappa shape index (κ2) is 3.79. The van der Waals surface area contributed by atoms with Gasteiger partial charge in [-0.15, -0.1) is 11.3 Å². The molecule has 2 aromatic rings. The molecule has 0 fully saturated rings. The Morgan fingerprint density at radius 1 is 1.57 bits per heavy atom. The van der Waals surface area contributed by atoms with Crippen LogP contribution in [0.2, 0.25) is 0 Å². The molecule has 0 spiro atoms. The van der Waals surface area contributed by atoms with E-state index in [1.807, 2.05) is 18.2 Å². The molecule has 6 heteroatoms. The van der Waals surface area contributed by atoms with Gasteiger partial charge in [-0.25, -0.2) is 0 Å². The number of aromatic amines is 1. The highest BCUT2D eigenvalue weighted by atomic mass is 32.1. The number of hydrogen-bond acceptors (Lipinski definition) is 3. The van der Waals surface area contributed by atoms with Gasteiger partial charge < -0.3 is 4.98 Å². The van der Waals surface area contributed by atoms with Gasteiger partial charge in [0.25, 0.3) is 0 Å². The third-order valence-corrected chi connectivity index (χ3v) is 3.00. The highest BCUT2D eigenvalue weighted by molar-refractivity contribution is 7.73. The second-order valence-electron chi connectivity index (χ2n) is 2.73. The van der Waals surface area contributed by atoms with E-state index in [0.29, 0.717) is 6.54 Å². The van der Waals surface area contributed by atoms with E-state index in [-0.39, 0.29) is 0 Å². The van der Waals surface area contributed by atoms with Crippen molar-refractivity contribution in [1.82, 2.24) is 4.98 Å². The van der Waals surface area contributed by atoms with Crippen LogP contribution >= 0.6 is 23.6 Å². The van der Waals surface area contributed by atoms with Gasteiger partial charge in [-0.3, -0.25) is 0 Å². The average Bonchev–Trinajstić information content (AvgIpc) is 2.54. The van der Waals surface area contributed by atoms with Crippen LogP contribution in [0.25, 0.3) is 20.7 Å². The van der Waals surface area contributed by atoms with E-state index in [2.05, 4.69) is 15.0 Å². The van der Waals surface area contributed by atoms with Crippen LogP contribution in [0.5, 0.6) is 0 Å². The number of thiazole rings is 1. The highest BCUT2D eigenvalue weighted by Gasteiger charge is 1.98. The van der Waals surface area contributed by atoms with Crippen molar-refractivity contribution in [3.05, 3.63) is 38.2 Å². The van der Waals surface area contributed by atoms with Crippen molar-refractivity contribution in [3.8, 4) is 0 Å². The minimum Gasteiger partial charge on any atom is -0.337 e. The minimum absolute atomic E-state index is 0.386. The number of azide groups is 1. The molecule has 0 aliphatic rings. The van der Waals surface area contributed by atoms with Gasteiger partial charge in [0.2, 0.25) is 0 Å². The predicted molar refractivity (Wildman–Crippen MR) is 59.9 cm³/mol. The fraction of sp³-hybridized carbons (Fsp3) is 0.125. The summed E-state index contributed by atoms with van der Waals surface area (Å²) in [7, 11) is 0. The molecule has 70 valence electrons. The Kier molecular flexibility index (Phi) is 2.49. The molecule has 0 unspecified atom stereocenters. The molecule has 0 aliphatic heterocycles. The molecule has 0 amide bonds. The average molecular weight is 222 g/mol. The first-order valence-corrected chi connectivity index (χ1v) is 5.14. The minimum atomic E-state index is 0.386. The van der Waals surface area contributed by atoms with Crippen molar-refractivity contribution in [3.63, 3.8) is 0 Å². The predicted octanol–water partition coefficient (Wildman–Crippen LogP) is 3.77. The molecule has 0 saturated heterocycles. The number of fused-ring (bicyclic) bond motifs is 1. The van der Waals surface area contributed by atoms with Crippen LogP contribution in [0.3, 0.4) is 0 Å². The van der Waals surface area contributed by atoms with Crippen molar-refractivity contribution in [2.24, 2.45) is 5.11 Å². The van der Waals surface area contributed by atoms with Gasteiger partial charge in [-0.2, -0.15) is 0 Å². The molecule has 0 bridgehead atoms. The number of nitrogens with zero attached hydrogens (tertiary/aromatic N) is 3. The molecule has 0 atom stereocenters. The standard InChI is InChI=1S/C8H6N4S2/c9-12-10-4-5-1-2-6-7(3-5)14-8(13)11-6/h1-3H,4H2,(H,11,13). The summed E-state index contributed by atoms with van der Waals surface area (Å²) >= 11 is 6.55. The van der Waals surface area contributed by atoms with Crippen LogP contribution in [0.4, 0.5) is 0 Å². The molecular weight excluding hydrogens is 216 g/mol. The fourth-order valence-electron chi connectivity index (χ4n) is 1.20. The van der Waals surface area contributed by atoms with Crippen molar-refractivity contribution >= 4 is 33.8 Å². The first-order valence-electron chi connectivity index (χ1n) is 3.92. The zero-order valence-corrected chi connectivity index (χ0v) is 8.73. The van der Waals surface area contributed by atoms with Crippen LogP contribution in [-0.2, 0) is 6.54 Å². The Balaban J connectivity index is 2.50. The summed E-state index contributed by atoms with van der Waals surface area (Å²) < 4.78 is 1.86. The number of aromatic nitrogens is 1. The summed E-state index contributed by atoms with van der Waals surface area (Å²) in [5, 5.41) is 3.50. The molecule has 1 N–H and O–H groups in total. The van der Waals surface area contributed by atoms with E-state index in [9.17, 15) is 0 Å². The van der Waals surface area contributed by atoms with Crippen LogP contribution in [-0.4, -0.2) is 4.98 Å². The molecule has 4 nitrogen and oxygen atoms in total. The van der Waals surface area contributed by atoms with E-state index in [1.54, 1.807) is 0 Å². The zero-order valence-electron chi connectivity index (χ0n) is 7.10. The van der Waals surface area contributed by atoms with E-state index in [4.69, 9.17) is 17.7 Å². The van der Waals surface area contributed by atoms with Crippen molar-refractivity contribution in [2.45, 2.75) is 6.54 Å². The van der Waals surface area contributed by atoms with E-state index in [0.717, 1.165) is 19.7 Å². The summed E-state index contributed by atoms with van der Waals surface area (Å²) in [5.74, 6) is 0. The molecular formula is C8H6N4S2. The molecule has 2 rings (SSSR count). The third kappa shape index (κ3) is 1.77. The largest absolute Gasteiger partial charge is 0.337 e. The molecule has 1 aromatic heterocycles. The maximum absolute atomic E-state index is 8.18. The quantitative estimate of drug-likeness (QED) is 0.357. The van der Waals surface area contributed by atoms with Gasteiger partial charge in [-0.05, 0) is 35.4 Å². The molecule has 0 radical (unpaired) electrons. The maximum atomic E-state index is 8.18. The Hall–Kier alpha value is -1.36. The summed E-state index contributed by atoms with van der Waals surface area (Å²) in [4.78, 5) is 5.79. The lowest BCUT2D eigenvalue weighted by atomic mass is 10.2. The van der Waals surface area contributed by atoms with Crippen molar-refractivity contribution < 1.29 is 0 Å². The second-order valence-corrected chi connectivity index (χ2v) is 4.45. The lowest BCUT2D eigenvalue weighted by Gasteiger charge is -1.94. The first-order chi connectivity index (χ1) is 6.79. The van der Waals surface area contributed by atoms with Gasteiger partial charge in [-0.1, -0.05) is 11.2 Å². The lowest BCUT2D eigenvalue weighted by molar-refractivity contribution is 1.05. The Labute approximate surface area is 88.8 Å². The SMILES string of the molecule is [N-]=[N+]=NCc1ccc2[nH]c(=S)sc2c1. The molecule has 0 saturated carbocycles. The third-order valence-electron chi connectivity index (χ3n) is 1.80. The highest BCUT2D eigenvalue weighted by Crippen LogP contribution is 2.20. The lowest BCUT2D eigenvalue weighted by Crippen LogP contribution is -1.78. The zero-order chi connectivity index (χ0) is 9.97. The van der Waals surface area contributed by atoms with Gasteiger partial charge in [0.05, 0.1) is 16.8 Å². The van der Waals surface area contributed by atoms with Crippen molar-refractivity contribution in [2.75, 3.05) is 0 Å². The fourth-order valence-corrected chi connectivity index (χ4v) is 2.38. The van der Waals surface area contributed by atoms with Gasteiger partial charge in [0, 0.05) is 4.91 Å². The summed E-state index contributed by atoms with van der Waals surface area (Å²) in [6.45, 7) is 0.386. The van der Waals surface area contributed by atoms with Gasteiger partial charge in [0.15, 0.2) is 3.95 Å². The number of rotatable bonds is 2. The molecule has 0 aliphatic carbocycles. The number of nitrogens with one attached hydrogen (secondary N) is 1. The van der Waals surface area contributed by atoms with Crippen molar-refractivity contribution in [1.29, 1.82) is 0 Å². The molecule has 1 heterocycles. The monoisotopic (exact) mass is 222 g/mol. The summed E-state index contributed by atoms with van der Waals surface area (Å²) in [5.41, 5.74) is 10.2. The van der Waals surface area contributed by atoms with E-state index >= 15 is 0 Å². The number of benzene rings is 1. The number of hydrogen-bond donors (Lipinski definition) is 1. The van der Waals surface area contributed by atoms with Crippen LogP contribution in [0.15, 0.2) is 23.3 Å². The maximum Gasteiger partial charge on any atom is 0.159 e. The van der Waals surface area contributed by atoms with Gasteiger partial charge in [0.1, 0.15) is 0 Å². The van der Waals surface area contributed by atoms with E-state index in [1.165, 1.54) is 11.3 Å². The van der Waals surface area contributed by atoms with Gasteiger partial charge >= 0.3 is 0 Å². The number of H-pyrrole nitrogens is 1. The Bertz CT molecular complexity index is 562. The smallest absolute Gasteiger partial charge is 0.159 e. The van der Waals surface area contributed by atoms with Crippen LogP contribution in [0.1, 0.15) is 5.56 Å². The van der Waals surface area contributed by atoms with E-state index < -0.39 is 0 Å².